The van der Waals surface area contributed by atoms with E-state index in [9.17, 15) is 14.4 Å². The first-order chi connectivity index (χ1) is 17.0. The summed E-state index contributed by atoms with van der Waals surface area (Å²) in [6.07, 6.45) is 1.97. The monoisotopic (exact) mass is 471 g/mol. The second-order valence-electron chi connectivity index (χ2n) is 9.55. The molecule has 1 saturated heterocycles. The Balaban J connectivity index is 1.34. The van der Waals surface area contributed by atoms with E-state index in [1.807, 2.05) is 59.3 Å². The molecule has 0 radical (unpaired) electrons. The number of benzene rings is 2. The summed E-state index contributed by atoms with van der Waals surface area (Å²) in [7, 11) is 2.02. The minimum Gasteiger partial charge on any atom is -0.353 e. The number of likely N-dealkylation sites (tertiary alicyclic amines) is 1. The molecule has 0 saturated carbocycles. The lowest BCUT2D eigenvalue weighted by molar-refractivity contribution is -0.128. The van der Waals surface area contributed by atoms with Gasteiger partial charge in [-0.25, -0.2) is 0 Å². The van der Waals surface area contributed by atoms with E-state index < -0.39 is 0 Å². The molecular weight excluding hydrogens is 442 g/mol. The number of carbonyl (C=O) groups is 3. The summed E-state index contributed by atoms with van der Waals surface area (Å²) in [6, 6.07) is 15.9. The van der Waals surface area contributed by atoms with Gasteiger partial charge in [0.05, 0.1) is 16.9 Å². The van der Waals surface area contributed by atoms with Gasteiger partial charge in [0.25, 0.3) is 5.91 Å². The molecule has 0 spiro atoms. The van der Waals surface area contributed by atoms with Crippen LogP contribution in [0.5, 0.6) is 0 Å². The van der Waals surface area contributed by atoms with Crippen molar-refractivity contribution in [3.8, 4) is 0 Å². The van der Waals surface area contributed by atoms with Crippen LogP contribution in [-0.4, -0.2) is 65.3 Å². The molecule has 35 heavy (non-hydrogen) atoms. The lowest BCUT2D eigenvalue weighted by Crippen LogP contribution is -2.51. The maximum Gasteiger partial charge on any atom is 0.257 e. The Morgan fingerprint density at radius 1 is 1.03 bits per heavy atom. The van der Waals surface area contributed by atoms with Crippen molar-refractivity contribution in [3.63, 3.8) is 0 Å². The van der Waals surface area contributed by atoms with E-state index >= 15 is 0 Å². The zero-order chi connectivity index (χ0) is 24.1. The van der Waals surface area contributed by atoms with Crippen LogP contribution < -0.4 is 10.2 Å². The molecule has 4 heterocycles. The number of carbonyl (C=O) groups excluding carboxylic acids is 3. The van der Waals surface area contributed by atoms with Crippen molar-refractivity contribution >= 4 is 34.3 Å². The highest BCUT2D eigenvalue weighted by Gasteiger charge is 2.42. The predicted molar refractivity (Wildman–Crippen MR) is 133 cm³/mol. The summed E-state index contributed by atoms with van der Waals surface area (Å²) in [5.74, 6) is 0.100. The molecule has 8 heteroatoms. The molecule has 2 aromatic carbocycles. The standard InChI is InChI=1S/C27H29N5O3/c1-29-21-9-4-3-8-20(21)27(35)31-15-12-19-18-7-2-5-10-22(18)32(25(19)26(29)31)17-23(33)28-13-16-30-14-6-11-24(30)34/h2-5,7-10,26H,6,11-17H2,1H3,(H,28,33)/t26-/m1/s1. The summed E-state index contributed by atoms with van der Waals surface area (Å²) in [5, 5.41) is 4.14. The highest BCUT2D eigenvalue weighted by atomic mass is 16.2. The van der Waals surface area contributed by atoms with Gasteiger partial charge in [-0.3, -0.25) is 14.4 Å². The fourth-order valence-corrected chi connectivity index (χ4v) is 5.95. The zero-order valence-electron chi connectivity index (χ0n) is 19.9. The largest absolute Gasteiger partial charge is 0.353 e. The van der Waals surface area contributed by atoms with Gasteiger partial charge < -0.3 is 24.6 Å². The van der Waals surface area contributed by atoms with E-state index in [0.29, 0.717) is 31.6 Å². The van der Waals surface area contributed by atoms with Gasteiger partial charge in [0.2, 0.25) is 11.8 Å². The Morgan fingerprint density at radius 3 is 2.66 bits per heavy atom. The number of aromatic nitrogens is 1. The Labute approximate surface area is 204 Å². The molecule has 0 bridgehead atoms. The number of rotatable bonds is 5. The van der Waals surface area contributed by atoms with E-state index in [1.165, 1.54) is 5.56 Å². The number of nitrogens with one attached hydrogen (secondary N) is 1. The topological polar surface area (TPSA) is 77.9 Å². The van der Waals surface area contributed by atoms with Crippen LogP contribution in [-0.2, 0) is 22.6 Å². The first-order valence-electron chi connectivity index (χ1n) is 12.3. The molecule has 3 aliphatic rings. The summed E-state index contributed by atoms with van der Waals surface area (Å²) >= 11 is 0. The quantitative estimate of drug-likeness (QED) is 0.620. The van der Waals surface area contributed by atoms with Crippen LogP contribution >= 0.6 is 0 Å². The van der Waals surface area contributed by atoms with Crippen molar-refractivity contribution in [2.45, 2.75) is 32.0 Å². The van der Waals surface area contributed by atoms with E-state index in [4.69, 9.17) is 0 Å². The maximum atomic E-state index is 13.4. The van der Waals surface area contributed by atoms with Crippen LogP contribution in [0.3, 0.4) is 0 Å². The van der Waals surface area contributed by atoms with Gasteiger partial charge in [0.15, 0.2) is 0 Å². The van der Waals surface area contributed by atoms with E-state index in [0.717, 1.165) is 41.7 Å². The molecule has 0 aliphatic carbocycles. The van der Waals surface area contributed by atoms with Gasteiger partial charge in [0.1, 0.15) is 12.7 Å². The molecular formula is C27H29N5O3. The minimum absolute atomic E-state index is 0.0332. The van der Waals surface area contributed by atoms with Crippen molar-refractivity contribution in [1.82, 2.24) is 19.7 Å². The fraction of sp³-hybridized carbons (Fsp3) is 0.370. The van der Waals surface area contributed by atoms with Gasteiger partial charge >= 0.3 is 0 Å². The van der Waals surface area contributed by atoms with Gasteiger partial charge in [-0.1, -0.05) is 30.3 Å². The zero-order valence-corrected chi connectivity index (χ0v) is 19.9. The molecule has 3 amide bonds. The molecule has 1 fully saturated rings. The summed E-state index contributed by atoms with van der Waals surface area (Å²) in [6.45, 7) is 2.55. The third-order valence-corrected chi connectivity index (χ3v) is 7.58. The molecule has 1 atom stereocenters. The Morgan fingerprint density at radius 2 is 1.83 bits per heavy atom. The number of anilines is 1. The average molecular weight is 472 g/mol. The lowest BCUT2D eigenvalue weighted by atomic mass is 9.96. The fourth-order valence-electron chi connectivity index (χ4n) is 5.95. The lowest BCUT2D eigenvalue weighted by Gasteiger charge is -2.46. The number of hydrogen-bond acceptors (Lipinski definition) is 4. The number of para-hydroxylation sites is 2. The van der Waals surface area contributed by atoms with Gasteiger partial charge in [-0.2, -0.15) is 0 Å². The van der Waals surface area contributed by atoms with E-state index in [2.05, 4.69) is 20.9 Å². The van der Waals surface area contributed by atoms with Crippen molar-refractivity contribution in [2.75, 3.05) is 38.1 Å². The maximum absolute atomic E-state index is 13.4. The molecule has 8 nitrogen and oxygen atoms in total. The average Bonchev–Trinajstić information content (AvgIpc) is 3.43. The molecule has 1 aromatic heterocycles. The van der Waals surface area contributed by atoms with Crippen molar-refractivity contribution in [2.24, 2.45) is 0 Å². The number of amides is 3. The summed E-state index contributed by atoms with van der Waals surface area (Å²) in [4.78, 5) is 44.3. The van der Waals surface area contributed by atoms with Crippen LogP contribution in [0.4, 0.5) is 5.69 Å². The van der Waals surface area contributed by atoms with Crippen molar-refractivity contribution < 1.29 is 14.4 Å². The normalized spacial score (nSPS) is 19.1. The highest BCUT2D eigenvalue weighted by molar-refractivity contribution is 6.02. The first-order valence-corrected chi connectivity index (χ1v) is 12.3. The molecule has 3 aliphatic heterocycles. The third kappa shape index (κ3) is 3.47. The van der Waals surface area contributed by atoms with Crippen LogP contribution in [0.15, 0.2) is 48.5 Å². The SMILES string of the molecule is CN1c2ccccc2C(=O)N2CCc3c(n(CC(=O)NCCN4CCCC4=O)c4ccccc34)[C@@H]21. The summed E-state index contributed by atoms with van der Waals surface area (Å²) in [5.41, 5.74) is 4.84. The van der Waals surface area contributed by atoms with Crippen molar-refractivity contribution in [1.29, 1.82) is 0 Å². The number of nitrogens with zero attached hydrogens (tertiary/aromatic N) is 4. The minimum atomic E-state index is -0.274. The molecule has 180 valence electrons. The van der Waals surface area contributed by atoms with Gasteiger partial charge in [0, 0.05) is 50.6 Å². The Kier molecular flexibility index (Phi) is 5.24. The third-order valence-electron chi connectivity index (χ3n) is 7.58. The van der Waals surface area contributed by atoms with Crippen molar-refractivity contribution in [3.05, 3.63) is 65.4 Å². The summed E-state index contributed by atoms with van der Waals surface area (Å²) < 4.78 is 2.08. The first kappa shape index (κ1) is 21.7. The van der Waals surface area contributed by atoms with Crippen LogP contribution in [0, 0.1) is 0 Å². The van der Waals surface area contributed by atoms with E-state index in [-0.39, 0.29) is 30.4 Å². The smallest absolute Gasteiger partial charge is 0.257 e. The van der Waals surface area contributed by atoms with E-state index in [1.54, 1.807) is 0 Å². The molecule has 6 rings (SSSR count). The van der Waals surface area contributed by atoms with Crippen LogP contribution in [0.1, 0.15) is 40.6 Å². The Bertz CT molecular complexity index is 1350. The van der Waals surface area contributed by atoms with Crippen LogP contribution in [0.25, 0.3) is 10.9 Å². The molecule has 1 N–H and O–H groups in total. The Hall–Kier alpha value is -3.81. The second kappa shape index (κ2) is 8.45. The number of hydrogen-bond donors (Lipinski definition) is 1. The number of fused-ring (bicyclic) bond motifs is 6. The van der Waals surface area contributed by atoms with Crippen LogP contribution in [0.2, 0.25) is 0 Å². The van der Waals surface area contributed by atoms with Gasteiger partial charge in [-0.15, -0.1) is 0 Å². The predicted octanol–water partition coefficient (Wildman–Crippen LogP) is 2.53. The molecule has 0 unspecified atom stereocenters. The highest BCUT2D eigenvalue weighted by Crippen LogP contribution is 2.44. The second-order valence-corrected chi connectivity index (χ2v) is 9.55. The molecule has 3 aromatic rings. The van der Waals surface area contributed by atoms with Gasteiger partial charge in [-0.05, 0) is 36.6 Å².